The summed E-state index contributed by atoms with van der Waals surface area (Å²) in [6.07, 6.45) is -4.92. The molecule has 168 valence electrons. The molecule has 1 aromatic heterocycles. The van der Waals surface area contributed by atoms with Crippen molar-refractivity contribution in [1.29, 1.82) is 0 Å². The second-order valence-electron chi connectivity index (χ2n) is 6.84. The molecule has 3 aromatic rings. The van der Waals surface area contributed by atoms with Gasteiger partial charge in [-0.25, -0.2) is 0 Å². The maximum Gasteiger partial charge on any atom is 0.416 e. The van der Waals surface area contributed by atoms with E-state index in [4.69, 9.17) is 14.2 Å². The van der Waals surface area contributed by atoms with Crippen molar-refractivity contribution in [3.05, 3.63) is 59.9 Å². The Balaban J connectivity index is 1.63. The number of ether oxygens (including phenoxy) is 3. The summed E-state index contributed by atoms with van der Waals surface area (Å²) in [7, 11) is 1.55. The fourth-order valence-electron chi connectivity index (χ4n) is 3.00. The Morgan fingerprint density at radius 1 is 1.06 bits per heavy atom. The predicted octanol–water partition coefficient (Wildman–Crippen LogP) is 4.10. The van der Waals surface area contributed by atoms with Gasteiger partial charge in [-0.05, 0) is 42.5 Å². The highest BCUT2D eigenvalue weighted by atomic mass is 19.4. The van der Waals surface area contributed by atoms with Crippen molar-refractivity contribution in [2.24, 2.45) is 0 Å². The molecule has 0 radical (unpaired) electrons. The van der Waals surface area contributed by atoms with Crippen LogP contribution in [0, 0.1) is 0 Å². The molecule has 1 atom stereocenters. The molecule has 1 aliphatic heterocycles. The van der Waals surface area contributed by atoms with E-state index in [1.165, 1.54) is 12.1 Å². The molecule has 1 fully saturated rings. The molecule has 0 bridgehead atoms. The standard InChI is InChI=1S/C21H20F3N5O3/c1-30-15-5-7-16(8-6-15)32-20-28-18(17-12-25-9-10-31-17)27-19(29-20)26-14-4-2-3-13(11-14)21(22,23)24/h2-8,11,17,25H,9-10,12H2,1H3,(H,26,27,28,29). The molecular formula is C21H20F3N5O3. The number of alkyl halides is 3. The van der Waals surface area contributed by atoms with Crippen LogP contribution in [0.1, 0.15) is 17.5 Å². The van der Waals surface area contributed by atoms with Gasteiger partial charge in [-0.2, -0.15) is 28.1 Å². The first kappa shape index (κ1) is 21.8. The number of aromatic nitrogens is 3. The van der Waals surface area contributed by atoms with Crippen LogP contribution in [-0.2, 0) is 10.9 Å². The summed E-state index contributed by atoms with van der Waals surface area (Å²) >= 11 is 0. The highest BCUT2D eigenvalue weighted by molar-refractivity contribution is 5.55. The molecule has 0 saturated carbocycles. The summed E-state index contributed by atoms with van der Waals surface area (Å²) in [5.74, 6) is 1.44. The zero-order valence-electron chi connectivity index (χ0n) is 17.0. The zero-order valence-corrected chi connectivity index (χ0v) is 17.0. The Labute approximate surface area is 181 Å². The molecule has 2 heterocycles. The number of anilines is 2. The number of morpholine rings is 1. The van der Waals surface area contributed by atoms with Crippen LogP contribution >= 0.6 is 0 Å². The molecule has 1 saturated heterocycles. The minimum atomic E-state index is -4.47. The maximum atomic E-state index is 13.1. The lowest BCUT2D eigenvalue weighted by Crippen LogP contribution is -2.34. The summed E-state index contributed by atoms with van der Waals surface area (Å²) in [4.78, 5) is 12.9. The SMILES string of the molecule is COc1ccc(Oc2nc(Nc3cccc(C(F)(F)F)c3)nc(C3CNCCO3)n2)cc1. The zero-order chi connectivity index (χ0) is 22.6. The van der Waals surface area contributed by atoms with Crippen molar-refractivity contribution < 1.29 is 27.4 Å². The number of hydrogen-bond donors (Lipinski definition) is 2. The second kappa shape index (κ2) is 9.37. The minimum Gasteiger partial charge on any atom is -0.497 e. The van der Waals surface area contributed by atoms with Gasteiger partial charge in [0.2, 0.25) is 5.95 Å². The quantitative estimate of drug-likeness (QED) is 0.584. The summed E-state index contributed by atoms with van der Waals surface area (Å²) in [5, 5.41) is 5.98. The number of halogens is 3. The Kier molecular flexibility index (Phi) is 6.37. The van der Waals surface area contributed by atoms with Crippen molar-refractivity contribution >= 4 is 11.6 Å². The van der Waals surface area contributed by atoms with Gasteiger partial charge in [-0.3, -0.25) is 0 Å². The largest absolute Gasteiger partial charge is 0.497 e. The van der Waals surface area contributed by atoms with E-state index in [-0.39, 0.29) is 17.6 Å². The Hall–Kier alpha value is -3.44. The van der Waals surface area contributed by atoms with Crippen LogP contribution in [-0.4, -0.2) is 41.8 Å². The molecule has 32 heavy (non-hydrogen) atoms. The normalized spacial score (nSPS) is 16.4. The lowest BCUT2D eigenvalue weighted by Gasteiger charge is -2.22. The van der Waals surface area contributed by atoms with Gasteiger partial charge in [0.15, 0.2) is 5.82 Å². The average molecular weight is 447 g/mol. The molecule has 2 N–H and O–H groups in total. The van der Waals surface area contributed by atoms with E-state index in [0.29, 0.717) is 37.0 Å². The predicted molar refractivity (Wildman–Crippen MR) is 109 cm³/mol. The molecule has 0 amide bonds. The molecule has 2 aromatic carbocycles. The molecule has 0 aliphatic carbocycles. The van der Waals surface area contributed by atoms with Gasteiger partial charge in [0.05, 0.1) is 19.3 Å². The number of benzene rings is 2. The molecule has 1 unspecified atom stereocenters. The molecule has 1 aliphatic rings. The van der Waals surface area contributed by atoms with Crippen LogP contribution in [0.25, 0.3) is 0 Å². The van der Waals surface area contributed by atoms with E-state index in [2.05, 4.69) is 25.6 Å². The van der Waals surface area contributed by atoms with E-state index in [1.54, 1.807) is 31.4 Å². The van der Waals surface area contributed by atoms with Crippen LogP contribution < -0.4 is 20.1 Å². The van der Waals surface area contributed by atoms with Crippen LogP contribution in [0.2, 0.25) is 0 Å². The Bertz CT molecular complexity index is 1060. The van der Waals surface area contributed by atoms with Gasteiger partial charge in [0.1, 0.15) is 17.6 Å². The van der Waals surface area contributed by atoms with Gasteiger partial charge >= 0.3 is 12.2 Å². The summed E-state index contributed by atoms with van der Waals surface area (Å²) in [5.41, 5.74) is -0.610. The van der Waals surface area contributed by atoms with Crippen molar-refractivity contribution in [3.63, 3.8) is 0 Å². The third-order valence-corrected chi connectivity index (χ3v) is 4.56. The van der Waals surface area contributed by atoms with Gasteiger partial charge in [-0.15, -0.1) is 0 Å². The van der Waals surface area contributed by atoms with E-state index >= 15 is 0 Å². The first-order chi connectivity index (χ1) is 15.4. The van der Waals surface area contributed by atoms with Crippen molar-refractivity contribution in [2.45, 2.75) is 12.3 Å². The fourth-order valence-corrected chi connectivity index (χ4v) is 3.00. The van der Waals surface area contributed by atoms with E-state index in [0.717, 1.165) is 12.1 Å². The molecular weight excluding hydrogens is 427 g/mol. The van der Waals surface area contributed by atoms with Crippen LogP contribution in [0.5, 0.6) is 17.5 Å². The Morgan fingerprint density at radius 2 is 1.84 bits per heavy atom. The molecule has 4 rings (SSSR count). The third-order valence-electron chi connectivity index (χ3n) is 4.56. The molecule has 8 nitrogen and oxygen atoms in total. The molecule has 0 spiro atoms. The van der Waals surface area contributed by atoms with Gasteiger partial charge in [0.25, 0.3) is 0 Å². The van der Waals surface area contributed by atoms with Gasteiger partial charge in [-0.1, -0.05) is 6.07 Å². The average Bonchev–Trinajstić information content (AvgIpc) is 2.80. The topological polar surface area (TPSA) is 90.4 Å². The highest BCUT2D eigenvalue weighted by Crippen LogP contribution is 2.31. The lowest BCUT2D eigenvalue weighted by molar-refractivity contribution is -0.137. The first-order valence-electron chi connectivity index (χ1n) is 9.75. The maximum absolute atomic E-state index is 13.1. The highest BCUT2D eigenvalue weighted by Gasteiger charge is 2.30. The summed E-state index contributed by atoms with van der Waals surface area (Å²) in [6, 6.07) is 11.5. The lowest BCUT2D eigenvalue weighted by atomic mass is 10.2. The van der Waals surface area contributed by atoms with Crippen LogP contribution in [0.15, 0.2) is 48.5 Å². The van der Waals surface area contributed by atoms with Crippen molar-refractivity contribution in [2.75, 3.05) is 32.1 Å². The fraction of sp³-hybridized carbons (Fsp3) is 0.286. The van der Waals surface area contributed by atoms with Gasteiger partial charge < -0.3 is 24.8 Å². The minimum absolute atomic E-state index is 0.0242. The smallest absolute Gasteiger partial charge is 0.416 e. The number of hydrogen-bond acceptors (Lipinski definition) is 8. The number of nitrogens with zero attached hydrogens (tertiary/aromatic N) is 3. The van der Waals surface area contributed by atoms with E-state index in [1.807, 2.05) is 0 Å². The summed E-state index contributed by atoms with van der Waals surface area (Å²) in [6.45, 7) is 1.66. The number of rotatable bonds is 6. The van der Waals surface area contributed by atoms with E-state index in [9.17, 15) is 13.2 Å². The number of methoxy groups -OCH3 is 1. The number of nitrogens with one attached hydrogen (secondary N) is 2. The first-order valence-corrected chi connectivity index (χ1v) is 9.75. The van der Waals surface area contributed by atoms with Crippen LogP contribution in [0.3, 0.4) is 0 Å². The second-order valence-corrected chi connectivity index (χ2v) is 6.84. The Morgan fingerprint density at radius 3 is 2.53 bits per heavy atom. The molecule has 11 heteroatoms. The van der Waals surface area contributed by atoms with Crippen molar-refractivity contribution in [1.82, 2.24) is 20.3 Å². The van der Waals surface area contributed by atoms with Gasteiger partial charge in [0, 0.05) is 18.8 Å². The summed E-state index contributed by atoms with van der Waals surface area (Å²) < 4.78 is 55.7. The van der Waals surface area contributed by atoms with E-state index < -0.39 is 17.8 Å². The van der Waals surface area contributed by atoms with Crippen LogP contribution in [0.4, 0.5) is 24.8 Å². The van der Waals surface area contributed by atoms with Crippen molar-refractivity contribution in [3.8, 4) is 17.5 Å². The third kappa shape index (κ3) is 5.42. The monoisotopic (exact) mass is 447 g/mol.